The van der Waals surface area contributed by atoms with E-state index in [0.29, 0.717) is 17.8 Å². The number of nitrogens with one attached hydrogen (secondary N) is 1. The van der Waals surface area contributed by atoms with E-state index in [2.05, 4.69) is 5.32 Å². The van der Waals surface area contributed by atoms with Crippen molar-refractivity contribution in [1.29, 1.82) is 0 Å². The summed E-state index contributed by atoms with van der Waals surface area (Å²) >= 11 is 6.13. The Hall–Kier alpha value is 0.180. The molecule has 0 amide bonds. The van der Waals surface area contributed by atoms with Crippen LogP contribution >= 0.6 is 11.6 Å². The van der Waals surface area contributed by atoms with E-state index in [1.54, 1.807) is 0 Å². The molecule has 3 heteroatoms. The molecule has 0 aromatic rings. The van der Waals surface area contributed by atoms with E-state index in [4.69, 9.17) is 11.6 Å². The van der Waals surface area contributed by atoms with Crippen molar-refractivity contribution in [3.8, 4) is 0 Å². The van der Waals surface area contributed by atoms with Crippen LogP contribution in [-0.2, 0) is 0 Å². The van der Waals surface area contributed by atoms with Gasteiger partial charge in [-0.25, -0.2) is 4.39 Å². The first-order valence-corrected chi connectivity index (χ1v) is 5.19. The fourth-order valence-corrected chi connectivity index (χ4v) is 2.12. The second kappa shape index (κ2) is 5.76. The lowest BCUT2D eigenvalue weighted by molar-refractivity contribution is 0.341. The van der Waals surface area contributed by atoms with Gasteiger partial charge in [0, 0.05) is 11.9 Å². The number of alkyl halides is 2. The molecular weight excluding hydrogens is 177 g/mol. The van der Waals surface area contributed by atoms with Crippen molar-refractivity contribution in [2.75, 3.05) is 19.8 Å². The van der Waals surface area contributed by atoms with Crippen LogP contribution < -0.4 is 5.32 Å². The SMILES string of the molecule is FCCNCC1CCCCC1Cl. The Bertz CT molecular complexity index is 121. The average Bonchev–Trinajstić information content (AvgIpc) is 2.09. The first-order chi connectivity index (χ1) is 5.84. The topological polar surface area (TPSA) is 12.0 Å². The molecule has 0 aromatic heterocycles. The van der Waals surface area contributed by atoms with Crippen molar-refractivity contribution in [1.82, 2.24) is 5.32 Å². The van der Waals surface area contributed by atoms with Gasteiger partial charge in [0.2, 0.25) is 0 Å². The maximum absolute atomic E-state index is 11.7. The summed E-state index contributed by atoms with van der Waals surface area (Å²) in [6.07, 6.45) is 4.87. The molecular formula is C9H17ClFN. The fourth-order valence-electron chi connectivity index (χ4n) is 1.75. The highest BCUT2D eigenvalue weighted by molar-refractivity contribution is 6.20. The molecule has 72 valence electrons. The summed E-state index contributed by atoms with van der Waals surface area (Å²) in [5.41, 5.74) is 0. The molecule has 1 aliphatic rings. The van der Waals surface area contributed by atoms with E-state index >= 15 is 0 Å². The van der Waals surface area contributed by atoms with Crippen LogP contribution in [0.3, 0.4) is 0 Å². The molecule has 1 fully saturated rings. The van der Waals surface area contributed by atoms with E-state index in [1.165, 1.54) is 19.3 Å². The Morgan fingerprint density at radius 2 is 2.08 bits per heavy atom. The average molecular weight is 194 g/mol. The van der Waals surface area contributed by atoms with Gasteiger partial charge in [0.1, 0.15) is 6.67 Å². The van der Waals surface area contributed by atoms with Crippen LogP contribution in [0.2, 0.25) is 0 Å². The van der Waals surface area contributed by atoms with Gasteiger partial charge in [0.15, 0.2) is 0 Å². The third-order valence-corrected chi connectivity index (χ3v) is 3.07. The number of hydrogen-bond donors (Lipinski definition) is 1. The third-order valence-electron chi connectivity index (χ3n) is 2.49. The molecule has 1 rings (SSSR count). The molecule has 0 spiro atoms. The summed E-state index contributed by atoms with van der Waals surface area (Å²) in [4.78, 5) is 0. The Balaban J connectivity index is 2.11. The largest absolute Gasteiger partial charge is 0.314 e. The molecule has 0 saturated heterocycles. The van der Waals surface area contributed by atoms with Crippen LogP contribution in [0.1, 0.15) is 25.7 Å². The molecule has 1 saturated carbocycles. The Kier molecular flexibility index (Phi) is 4.93. The minimum Gasteiger partial charge on any atom is -0.314 e. The molecule has 1 N–H and O–H groups in total. The minimum atomic E-state index is -0.278. The first-order valence-electron chi connectivity index (χ1n) is 4.75. The zero-order chi connectivity index (χ0) is 8.81. The molecule has 12 heavy (non-hydrogen) atoms. The standard InChI is InChI=1S/C9H17ClFN/c10-9-4-2-1-3-8(9)7-12-6-5-11/h8-9,12H,1-7H2. The molecule has 0 heterocycles. The Morgan fingerprint density at radius 1 is 1.33 bits per heavy atom. The van der Waals surface area contributed by atoms with E-state index in [-0.39, 0.29) is 6.67 Å². The highest BCUT2D eigenvalue weighted by atomic mass is 35.5. The van der Waals surface area contributed by atoms with Crippen molar-refractivity contribution in [3.05, 3.63) is 0 Å². The predicted molar refractivity (Wildman–Crippen MR) is 50.4 cm³/mol. The molecule has 0 aromatic carbocycles. The molecule has 2 unspecified atom stereocenters. The van der Waals surface area contributed by atoms with Gasteiger partial charge < -0.3 is 5.32 Å². The minimum absolute atomic E-state index is 0.278. The van der Waals surface area contributed by atoms with Gasteiger partial charge in [-0.15, -0.1) is 11.6 Å². The Morgan fingerprint density at radius 3 is 2.75 bits per heavy atom. The van der Waals surface area contributed by atoms with Crippen molar-refractivity contribution in [2.24, 2.45) is 5.92 Å². The lowest BCUT2D eigenvalue weighted by atomic mass is 9.89. The normalized spacial score (nSPS) is 30.5. The molecule has 0 radical (unpaired) electrons. The zero-order valence-electron chi connectivity index (χ0n) is 7.36. The van der Waals surface area contributed by atoms with E-state index in [9.17, 15) is 4.39 Å². The van der Waals surface area contributed by atoms with Gasteiger partial charge >= 0.3 is 0 Å². The van der Waals surface area contributed by atoms with Gasteiger partial charge in [0.25, 0.3) is 0 Å². The maximum Gasteiger partial charge on any atom is 0.102 e. The molecule has 0 aliphatic heterocycles. The van der Waals surface area contributed by atoms with E-state index in [1.807, 2.05) is 0 Å². The first kappa shape index (κ1) is 10.3. The van der Waals surface area contributed by atoms with Crippen molar-refractivity contribution in [3.63, 3.8) is 0 Å². The van der Waals surface area contributed by atoms with Crippen LogP contribution in [0.4, 0.5) is 4.39 Å². The van der Waals surface area contributed by atoms with Crippen LogP contribution in [0.15, 0.2) is 0 Å². The summed E-state index contributed by atoms with van der Waals surface area (Å²) in [5.74, 6) is 0.562. The van der Waals surface area contributed by atoms with E-state index in [0.717, 1.165) is 13.0 Å². The van der Waals surface area contributed by atoms with Crippen molar-refractivity contribution in [2.45, 2.75) is 31.1 Å². The fraction of sp³-hybridized carbons (Fsp3) is 1.00. The molecule has 1 nitrogen and oxygen atoms in total. The summed E-state index contributed by atoms with van der Waals surface area (Å²) < 4.78 is 11.7. The zero-order valence-corrected chi connectivity index (χ0v) is 8.12. The number of hydrogen-bond acceptors (Lipinski definition) is 1. The van der Waals surface area contributed by atoms with Gasteiger partial charge in [-0.05, 0) is 25.3 Å². The van der Waals surface area contributed by atoms with Crippen LogP contribution in [0, 0.1) is 5.92 Å². The van der Waals surface area contributed by atoms with Gasteiger partial charge in [-0.1, -0.05) is 12.8 Å². The van der Waals surface area contributed by atoms with Crippen LogP contribution in [0.25, 0.3) is 0 Å². The molecule has 0 bridgehead atoms. The molecule has 1 aliphatic carbocycles. The lowest BCUT2D eigenvalue weighted by Crippen LogP contribution is -2.32. The lowest BCUT2D eigenvalue weighted by Gasteiger charge is -2.26. The van der Waals surface area contributed by atoms with Crippen molar-refractivity contribution < 1.29 is 4.39 Å². The summed E-state index contributed by atoms with van der Waals surface area (Å²) in [6, 6.07) is 0. The summed E-state index contributed by atoms with van der Waals surface area (Å²) in [7, 11) is 0. The second-order valence-electron chi connectivity index (χ2n) is 3.45. The Labute approximate surface area is 78.7 Å². The van der Waals surface area contributed by atoms with Gasteiger partial charge in [-0.3, -0.25) is 0 Å². The second-order valence-corrected chi connectivity index (χ2v) is 4.01. The highest BCUT2D eigenvalue weighted by Gasteiger charge is 2.22. The summed E-state index contributed by atoms with van der Waals surface area (Å²) in [6.45, 7) is 1.08. The third kappa shape index (κ3) is 3.28. The van der Waals surface area contributed by atoms with E-state index < -0.39 is 0 Å². The number of halogens is 2. The van der Waals surface area contributed by atoms with Crippen LogP contribution in [0.5, 0.6) is 0 Å². The summed E-state index contributed by atoms with van der Waals surface area (Å²) in [5, 5.41) is 3.39. The molecule has 2 atom stereocenters. The van der Waals surface area contributed by atoms with Gasteiger partial charge in [-0.2, -0.15) is 0 Å². The smallest absolute Gasteiger partial charge is 0.102 e. The van der Waals surface area contributed by atoms with Crippen molar-refractivity contribution >= 4 is 11.6 Å². The predicted octanol–water partition coefficient (Wildman–Crippen LogP) is 2.34. The maximum atomic E-state index is 11.7. The highest BCUT2D eigenvalue weighted by Crippen LogP contribution is 2.27. The quantitative estimate of drug-likeness (QED) is 0.534. The monoisotopic (exact) mass is 193 g/mol. The van der Waals surface area contributed by atoms with Crippen LogP contribution in [-0.4, -0.2) is 25.1 Å². The van der Waals surface area contributed by atoms with Gasteiger partial charge in [0.05, 0.1) is 0 Å². The number of rotatable bonds is 4.